The minimum atomic E-state index is -0.247. The number of hydrogen-bond acceptors (Lipinski definition) is 3. The molecule has 118 valence electrons. The molecule has 0 fully saturated rings. The van der Waals surface area contributed by atoms with Gasteiger partial charge in [0.2, 0.25) is 0 Å². The largest absolute Gasteiger partial charge is 0.396 e. The maximum Gasteiger partial charge on any atom is 0.315 e. The van der Waals surface area contributed by atoms with Crippen LogP contribution in [0.25, 0.3) is 5.69 Å². The Morgan fingerprint density at radius 2 is 2.05 bits per heavy atom. The Bertz CT molecular complexity index is 598. The average molecular weight is 302 g/mol. The van der Waals surface area contributed by atoms with E-state index in [2.05, 4.69) is 15.7 Å². The van der Waals surface area contributed by atoms with Crippen molar-refractivity contribution in [2.24, 2.45) is 0 Å². The van der Waals surface area contributed by atoms with Gasteiger partial charge in [-0.3, -0.25) is 0 Å². The first-order valence-electron chi connectivity index (χ1n) is 7.38. The number of benzene rings is 1. The Balaban J connectivity index is 2.07. The van der Waals surface area contributed by atoms with Gasteiger partial charge in [-0.25, -0.2) is 9.48 Å². The number of amides is 2. The van der Waals surface area contributed by atoms with Crippen LogP contribution in [-0.4, -0.2) is 33.6 Å². The highest BCUT2D eigenvalue weighted by Gasteiger charge is 2.15. The molecular weight excluding hydrogens is 280 g/mol. The van der Waals surface area contributed by atoms with Crippen LogP contribution in [0, 0.1) is 0 Å². The minimum Gasteiger partial charge on any atom is -0.396 e. The van der Waals surface area contributed by atoms with E-state index in [4.69, 9.17) is 5.11 Å². The highest BCUT2D eigenvalue weighted by molar-refractivity contribution is 5.74. The predicted molar refractivity (Wildman–Crippen MR) is 84.8 cm³/mol. The molecule has 1 heterocycles. The highest BCUT2D eigenvalue weighted by atomic mass is 16.3. The number of aliphatic hydroxyl groups is 1. The first-order chi connectivity index (χ1) is 10.6. The maximum atomic E-state index is 12.0. The van der Waals surface area contributed by atoms with Gasteiger partial charge in [0.05, 0.1) is 11.7 Å². The molecule has 0 aliphatic rings. The summed E-state index contributed by atoms with van der Waals surface area (Å²) in [6, 6.07) is 9.19. The Morgan fingerprint density at radius 1 is 1.27 bits per heavy atom. The summed E-state index contributed by atoms with van der Waals surface area (Å²) in [4.78, 5) is 12.0. The van der Waals surface area contributed by atoms with E-state index in [9.17, 15) is 4.79 Å². The number of aliphatic hydroxyl groups excluding tert-OH is 1. The molecule has 6 heteroatoms. The van der Waals surface area contributed by atoms with Gasteiger partial charge in [0.25, 0.3) is 0 Å². The zero-order valence-electron chi connectivity index (χ0n) is 12.9. The lowest BCUT2D eigenvalue weighted by molar-refractivity contribution is 0.228. The van der Waals surface area contributed by atoms with Crippen LogP contribution in [0.15, 0.2) is 42.7 Å². The topological polar surface area (TPSA) is 79.2 Å². The van der Waals surface area contributed by atoms with Crippen molar-refractivity contribution in [1.82, 2.24) is 20.4 Å². The van der Waals surface area contributed by atoms with Gasteiger partial charge in [0.15, 0.2) is 0 Å². The molecule has 0 aliphatic carbocycles. The van der Waals surface area contributed by atoms with E-state index >= 15 is 0 Å². The second kappa shape index (κ2) is 7.61. The Hall–Kier alpha value is -2.34. The number of urea groups is 1. The van der Waals surface area contributed by atoms with Crippen LogP contribution in [0.1, 0.15) is 31.9 Å². The summed E-state index contributed by atoms with van der Waals surface area (Å²) >= 11 is 0. The van der Waals surface area contributed by atoms with Gasteiger partial charge in [-0.05, 0) is 38.0 Å². The van der Waals surface area contributed by atoms with Crippen LogP contribution < -0.4 is 10.6 Å². The summed E-state index contributed by atoms with van der Waals surface area (Å²) in [5.74, 6) is 0. The Labute approximate surface area is 130 Å². The molecule has 2 aromatic rings. The summed E-state index contributed by atoms with van der Waals surface area (Å²) in [5.41, 5.74) is 1.92. The summed E-state index contributed by atoms with van der Waals surface area (Å²) < 4.78 is 1.78. The van der Waals surface area contributed by atoms with Crippen LogP contribution in [0.3, 0.4) is 0 Å². The number of para-hydroxylation sites is 1. The van der Waals surface area contributed by atoms with Crippen molar-refractivity contribution >= 4 is 6.03 Å². The first kappa shape index (κ1) is 16.0. The number of carbonyl (C=O) groups is 1. The van der Waals surface area contributed by atoms with Crippen LogP contribution >= 0.6 is 0 Å². The second-order valence-corrected chi connectivity index (χ2v) is 5.26. The molecule has 0 aliphatic heterocycles. The molecule has 0 bridgehead atoms. The lowest BCUT2D eigenvalue weighted by atomic mass is 10.1. The van der Waals surface area contributed by atoms with Crippen LogP contribution in [-0.2, 0) is 0 Å². The monoisotopic (exact) mass is 302 g/mol. The van der Waals surface area contributed by atoms with Gasteiger partial charge >= 0.3 is 6.03 Å². The van der Waals surface area contributed by atoms with Crippen molar-refractivity contribution in [3.8, 4) is 5.69 Å². The molecule has 0 radical (unpaired) electrons. The van der Waals surface area contributed by atoms with E-state index in [-0.39, 0.29) is 24.7 Å². The van der Waals surface area contributed by atoms with Crippen molar-refractivity contribution in [3.05, 3.63) is 48.3 Å². The Kier molecular flexibility index (Phi) is 5.55. The lowest BCUT2D eigenvalue weighted by Crippen LogP contribution is -2.42. The fourth-order valence-electron chi connectivity index (χ4n) is 2.28. The van der Waals surface area contributed by atoms with Gasteiger partial charge < -0.3 is 15.7 Å². The van der Waals surface area contributed by atoms with Crippen molar-refractivity contribution in [2.75, 3.05) is 6.61 Å². The molecule has 2 amide bonds. The van der Waals surface area contributed by atoms with E-state index in [1.54, 1.807) is 10.9 Å². The van der Waals surface area contributed by atoms with E-state index in [1.807, 2.05) is 50.4 Å². The zero-order chi connectivity index (χ0) is 15.9. The predicted octanol–water partition coefficient (Wildman–Crippen LogP) is 2.00. The number of hydrogen-bond donors (Lipinski definition) is 3. The molecule has 0 saturated carbocycles. The van der Waals surface area contributed by atoms with Crippen molar-refractivity contribution in [2.45, 2.75) is 32.4 Å². The van der Waals surface area contributed by atoms with Gasteiger partial charge in [0.1, 0.15) is 0 Å². The van der Waals surface area contributed by atoms with Crippen molar-refractivity contribution < 1.29 is 9.90 Å². The molecule has 2 atom stereocenters. The molecular formula is C16H22N4O2. The van der Waals surface area contributed by atoms with E-state index < -0.39 is 0 Å². The van der Waals surface area contributed by atoms with Crippen LogP contribution in [0.4, 0.5) is 4.79 Å². The van der Waals surface area contributed by atoms with Crippen molar-refractivity contribution in [3.63, 3.8) is 0 Å². The third kappa shape index (κ3) is 4.08. The fourth-order valence-corrected chi connectivity index (χ4v) is 2.28. The summed E-state index contributed by atoms with van der Waals surface area (Å²) in [7, 11) is 0. The second-order valence-electron chi connectivity index (χ2n) is 5.26. The Morgan fingerprint density at radius 3 is 2.73 bits per heavy atom. The zero-order valence-corrected chi connectivity index (χ0v) is 12.9. The van der Waals surface area contributed by atoms with Gasteiger partial charge in [-0.2, -0.15) is 5.10 Å². The SMILES string of the molecule is CC(NC(=O)N[C@H](C)CCO)c1ccccc1-n1cccn1. The number of carbonyl (C=O) groups excluding carboxylic acids is 1. The lowest BCUT2D eigenvalue weighted by Gasteiger charge is -2.20. The third-order valence-electron chi connectivity index (χ3n) is 3.44. The maximum absolute atomic E-state index is 12.0. The number of rotatable bonds is 6. The normalized spacial score (nSPS) is 13.4. The summed E-state index contributed by atoms with van der Waals surface area (Å²) in [6.45, 7) is 3.84. The molecule has 2 rings (SSSR count). The molecule has 22 heavy (non-hydrogen) atoms. The van der Waals surface area contributed by atoms with Gasteiger partial charge in [-0.15, -0.1) is 0 Å². The van der Waals surface area contributed by atoms with Gasteiger partial charge in [0, 0.05) is 25.0 Å². The molecule has 1 unspecified atom stereocenters. The third-order valence-corrected chi connectivity index (χ3v) is 3.44. The number of nitrogens with zero attached hydrogens (tertiary/aromatic N) is 2. The molecule has 1 aromatic heterocycles. The molecule has 3 N–H and O–H groups in total. The average Bonchev–Trinajstić information content (AvgIpc) is 3.01. The molecule has 6 nitrogen and oxygen atoms in total. The molecule has 1 aromatic carbocycles. The van der Waals surface area contributed by atoms with E-state index in [0.29, 0.717) is 6.42 Å². The summed E-state index contributed by atoms with van der Waals surface area (Å²) in [6.07, 6.45) is 4.12. The minimum absolute atomic E-state index is 0.0547. The van der Waals surface area contributed by atoms with Crippen molar-refractivity contribution in [1.29, 1.82) is 0 Å². The van der Waals surface area contributed by atoms with Crippen LogP contribution in [0.2, 0.25) is 0 Å². The molecule has 0 saturated heterocycles. The number of nitrogens with one attached hydrogen (secondary N) is 2. The van der Waals surface area contributed by atoms with Crippen LogP contribution in [0.5, 0.6) is 0 Å². The number of aromatic nitrogens is 2. The smallest absolute Gasteiger partial charge is 0.315 e. The quantitative estimate of drug-likeness (QED) is 0.763. The van der Waals surface area contributed by atoms with E-state index in [0.717, 1.165) is 11.3 Å². The first-order valence-corrected chi connectivity index (χ1v) is 7.38. The fraction of sp³-hybridized carbons (Fsp3) is 0.375. The standard InChI is InChI=1S/C16H22N4O2/c1-12(8-11-21)18-16(22)19-13(2)14-6-3-4-7-15(14)20-10-5-9-17-20/h3-7,9-10,12-13,21H,8,11H2,1-2H3,(H2,18,19,22)/t12-,13?/m1/s1. The molecule has 0 spiro atoms. The highest BCUT2D eigenvalue weighted by Crippen LogP contribution is 2.20. The summed E-state index contributed by atoms with van der Waals surface area (Å²) in [5, 5.41) is 18.8. The van der Waals surface area contributed by atoms with E-state index in [1.165, 1.54) is 0 Å². The van der Waals surface area contributed by atoms with Gasteiger partial charge in [-0.1, -0.05) is 18.2 Å².